The van der Waals surface area contributed by atoms with Crippen molar-refractivity contribution < 1.29 is 70.7 Å². The molecule has 22 nitrogen and oxygen atoms in total. The van der Waals surface area contributed by atoms with Gasteiger partial charge < -0.3 is 54.9 Å². The molecule has 2 aromatic heterocycles. The standard InChI is InChI=1S/C27H37N6O16P3/c1-27(2,3)24(17-9-20(44-4)15(6-5-7-28)8-18(17)33(35)36)45-12-16-11-32(26-23(16)25(29)30-14-31-26)22-10-19(34)21(47-22)13-46-51(40,41)49-52(42,43)48-50(37,38)39/h8-9,11,14,19,21-22,24,34H,7,10,12-13,28H2,1-4H3,(H,40,41)(H,42,43)(H2,29,30,31)(H2,37,38,39)/t19?,21-,22-,24-/m1/s1. The van der Waals surface area contributed by atoms with Gasteiger partial charge in [-0.15, -0.1) is 0 Å². The number of phosphoric ester groups is 1. The van der Waals surface area contributed by atoms with Crippen LogP contribution in [-0.2, 0) is 42.9 Å². The minimum atomic E-state index is -5.76. The summed E-state index contributed by atoms with van der Waals surface area (Å²) in [6.07, 6.45) is -1.96. The fourth-order valence-corrected chi connectivity index (χ4v) is 8.40. The van der Waals surface area contributed by atoms with Gasteiger partial charge in [0, 0.05) is 24.2 Å². The second-order valence-corrected chi connectivity index (χ2v) is 16.7. The van der Waals surface area contributed by atoms with Crippen molar-refractivity contribution in [2.45, 2.75) is 58.3 Å². The van der Waals surface area contributed by atoms with E-state index >= 15 is 0 Å². The average Bonchev–Trinajstić information content (AvgIpc) is 3.57. The molecule has 52 heavy (non-hydrogen) atoms. The summed E-state index contributed by atoms with van der Waals surface area (Å²) in [6, 6.07) is 2.78. The van der Waals surface area contributed by atoms with Gasteiger partial charge in [0.05, 0.1) is 60.5 Å². The van der Waals surface area contributed by atoms with Crippen LogP contribution in [0.25, 0.3) is 11.0 Å². The summed E-state index contributed by atoms with van der Waals surface area (Å²) in [5.74, 6) is 5.76. The van der Waals surface area contributed by atoms with Crippen molar-refractivity contribution in [1.29, 1.82) is 0 Å². The lowest BCUT2D eigenvalue weighted by Crippen LogP contribution is -2.26. The first-order valence-corrected chi connectivity index (χ1v) is 19.5. The van der Waals surface area contributed by atoms with Crippen molar-refractivity contribution in [2.24, 2.45) is 11.1 Å². The summed E-state index contributed by atoms with van der Waals surface area (Å²) in [7, 11) is -15.4. The van der Waals surface area contributed by atoms with Gasteiger partial charge in [-0.25, -0.2) is 23.7 Å². The van der Waals surface area contributed by atoms with Crippen LogP contribution < -0.4 is 16.2 Å². The number of hydrogen-bond donors (Lipinski definition) is 7. The Morgan fingerprint density at radius 2 is 1.85 bits per heavy atom. The lowest BCUT2D eigenvalue weighted by Gasteiger charge is -2.31. The van der Waals surface area contributed by atoms with Crippen LogP contribution in [0.1, 0.15) is 56.2 Å². The number of aliphatic hydroxyl groups is 1. The predicted octanol–water partition coefficient (Wildman–Crippen LogP) is 2.54. The number of nitrogens with zero attached hydrogens (tertiary/aromatic N) is 4. The van der Waals surface area contributed by atoms with E-state index in [9.17, 15) is 38.7 Å². The molecular weight excluding hydrogens is 757 g/mol. The Hall–Kier alpha value is -3.35. The van der Waals surface area contributed by atoms with Crippen molar-refractivity contribution in [2.75, 3.05) is 26.0 Å². The zero-order valence-electron chi connectivity index (χ0n) is 28.0. The third-order valence-electron chi connectivity index (χ3n) is 7.39. The van der Waals surface area contributed by atoms with Crippen molar-refractivity contribution >= 4 is 46.0 Å². The molecule has 0 aliphatic carbocycles. The highest BCUT2D eigenvalue weighted by Crippen LogP contribution is 2.66. The number of ether oxygens (including phenoxy) is 3. The maximum absolute atomic E-state index is 12.3. The Labute approximate surface area is 295 Å². The Kier molecular flexibility index (Phi) is 12.7. The van der Waals surface area contributed by atoms with Crippen LogP contribution in [-0.4, -0.2) is 76.6 Å². The number of aliphatic hydroxyl groups excluding tert-OH is 1. The van der Waals surface area contributed by atoms with Crippen LogP contribution in [0, 0.1) is 27.4 Å². The number of phosphoric acid groups is 3. The fourth-order valence-electron chi connectivity index (χ4n) is 5.37. The molecule has 0 saturated carbocycles. The van der Waals surface area contributed by atoms with Crippen molar-refractivity contribution in [3.8, 4) is 17.6 Å². The molecular formula is C27H37N6O16P3. The molecule has 3 unspecified atom stereocenters. The van der Waals surface area contributed by atoms with Crippen LogP contribution in [0.3, 0.4) is 0 Å². The van der Waals surface area contributed by atoms with E-state index < -0.39 is 65.0 Å². The normalized spacial score (nSPS) is 20.8. The minimum absolute atomic E-state index is 0.0282. The SMILES string of the molecule is COc1cc([C@@H](OCc2cn([C@H]3CC(O)[C@@H](COP(=O)(O)OP(=O)(O)OP(=O)(O)O)O3)c3ncnc(N)c23)C(C)(C)C)c([N+](=O)[O-])cc1C#CCN. The zero-order valence-corrected chi connectivity index (χ0v) is 30.6. The Morgan fingerprint density at radius 3 is 2.44 bits per heavy atom. The molecule has 0 spiro atoms. The van der Waals surface area contributed by atoms with E-state index in [1.165, 1.54) is 30.1 Å². The molecule has 286 valence electrons. The number of nitrogens with two attached hydrogens (primary N) is 2. The number of rotatable bonds is 14. The third-order valence-corrected chi connectivity index (χ3v) is 11.2. The van der Waals surface area contributed by atoms with E-state index in [4.69, 9.17) is 35.5 Å². The number of nitro groups is 1. The number of aromatic nitrogens is 3. The summed E-state index contributed by atoms with van der Waals surface area (Å²) in [5, 5.41) is 23.3. The smallest absolute Gasteiger partial charge is 0.490 e. The van der Waals surface area contributed by atoms with Gasteiger partial charge in [-0.05, 0) is 11.5 Å². The first kappa shape index (κ1) is 41.4. The van der Waals surface area contributed by atoms with E-state index in [1.54, 1.807) is 6.20 Å². The highest BCUT2D eigenvalue weighted by molar-refractivity contribution is 7.66. The van der Waals surface area contributed by atoms with Crippen LogP contribution >= 0.6 is 23.5 Å². The monoisotopic (exact) mass is 794 g/mol. The zero-order chi connectivity index (χ0) is 38.8. The van der Waals surface area contributed by atoms with Gasteiger partial charge in [0.15, 0.2) is 0 Å². The number of benzene rings is 1. The van der Waals surface area contributed by atoms with Crippen molar-refractivity contribution in [3.63, 3.8) is 0 Å². The van der Waals surface area contributed by atoms with Gasteiger partial charge >= 0.3 is 23.5 Å². The lowest BCUT2D eigenvalue weighted by molar-refractivity contribution is -0.386. The minimum Gasteiger partial charge on any atom is -0.495 e. The number of nitro benzene ring substituents is 1. The molecule has 25 heteroatoms. The quantitative estimate of drug-likeness (QED) is 0.0533. The van der Waals surface area contributed by atoms with E-state index in [1.807, 2.05) is 20.8 Å². The molecule has 6 atom stereocenters. The van der Waals surface area contributed by atoms with E-state index in [0.29, 0.717) is 10.9 Å². The Balaban J connectivity index is 1.61. The summed E-state index contributed by atoms with van der Waals surface area (Å²) >= 11 is 0. The summed E-state index contributed by atoms with van der Waals surface area (Å²) in [4.78, 5) is 56.7. The molecule has 0 amide bonds. The van der Waals surface area contributed by atoms with Crippen LogP contribution in [0.2, 0.25) is 0 Å². The summed E-state index contributed by atoms with van der Waals surface area (Å²) in [6.45, 7) is 4.44. The fraction of sp³-hybridized carbons (Fsp3) is 0.481. The Morgan fingerprint density at radius 1 is 1.15 bits per heavy atom. The summed E-state index contributed by atoms with van der Waals surface area (Å²) in [5.41, 5.74) is 11.9. The Bertz CT molecular complexity index is 2020. The van der Waals surface area contributed by atoms with Crippen LogP contribution in [0.4, 0.5) is 11.5 Å². The predicted molar refractivity (Wildman–Crippen MR) is 179 cm³/mol. The van der Waals surface area contributed by atoms with E-state index in [-0.39, 0.29) is 53.6 Å². The number of methoxy groups -OCH3 is 1. The molecule has 4 rings (SSSR count). The molecule has 3 heterocycles. The van der Waals surface area contributed by atoms with Gasteiger partial charge in [0.2, 0.25) is 0 Å². The molecule has 1 saturated heterocycles. The number of hydrogen-bond acceptors (Lipinski definition) is 16. The third kappa shape index (κ3) is 10.2. The maximum atomic E-state index is 12.3. The largest absolute Gasteiger partial charge is 0.495 e. The van der Waals surface area contributed by atoms with Gasteiger partial charge in [0.1, 0.15) is 35.9 Å². The van der Waals surface area contributed by atoms with Gasteiger partial charge in [-0.2, -0.15) is 8.62 Å². The first-order chi connectivity index (χ1) is 24.1. The second-order valence-electron chi connectivity index (χ2n) is 12.3. The molecule has 3 aromatic rings. The van der Waals surface area contributed by atoms with Gasteiger partial charge in [0.25, 0.3) is 5.69 Å². The maximum Gasteiger partial charge on any atom is 0.490 e. The molecule has 0 radical (unpaired) electrons. The van der Waals surface area contributed by atoms with Crippen molar-refractivity contribution in [1.82, 2.24) is 14.5 Å². The topological polar surface area (TPSA) is 334 Å². The number of fused-ring (bicyclic) bond motifs is 1. The lowest BCUT2D eigenvalue weighted by atomic mass is 9.83. The van der Waals surface area contributed by atoms with Crippen molar-refractivity contribution in [3.05, 3.63) is 51.5 Å². The highest BCUT2D eigenvalue weighted by Gasteiger charge is 2.43. The number of anilines is 1. The second kappa shape index (κ2) is 15.9. The van der Waals surface area contributed by atoms with Crippen LogP contribution in [0.5, 0.6) is 5.75 Å². The summed E-state index contributed by atoms with van der Waals surface area (Å²) < 4.78 is 65.9. The highest BCUT2D eigenvalue weighted by atomic mass is 31.3. The molecule has 1 aliphatic rings. The van der Waals surface area contributed by atoms with E-state index in [0.717, 1.165) is 0 Å². The average molecular weight is 795 g/mol. The first-order valence-electron chi connectivity index (χ1n) is 14.9. The number of nitrogen functional groups attached to an aromatic ring is 1. The van der Waals surface area contributed by atoms with Gasteiger partial charge in [-0.3, -0.25) is 14.6 Å². The molecule has 9 N–H and O–H groups in total. The van der Waals surface area contributed by atoms with E-state index in [2.05, 4.69) is 35.0 Å². The molecule has 1 fully saturated rings. The molecule has 1 aliphatic heterocycles. The molecule has 1 aromatic carbocycles. The van der Waals surface area contributed by atoms with Gasteiger partial charge in [-0.1, -0.05) is 32.6 Å². The van der Waals surface area contributed by atoms with Crippen LogP contribution in [0.15, 0.2) is 24.7 Å². The molecule has 0 bridgehead atoms.